The van der Waals surface area contributed by atoms with E-state index in [2.05, 4.69) is 46.4 Å². The topological polar surface area (TPSA) is 54.8 Å². The first-order valence-electron chi connectivity index (χ1n) is 14.1. The summed E-state index contributed by atoms with van der Waals surface area (Å²) in [6.07, 6.45) is 3.64. The summed E-state index contributed by atoms with van der Waals surface area (Å²) in [5.74, 6) is 0.531. The zero-order chi connectivity index (χ0) is 27.4. The second-order valence-electron chi connectivity index (χ2n) is 11.2. The number of thiophene rings is 1. The minimum atomic E-state index is -0.605. The molecule has 0 radical (unpaired) electrons. The van der Waals surface area contributed by atoms with Gasteiger partial charge >= 0.3 is 0 Å². The van der Waals surface area contributed by atoms with Gasteiger partial charge in [-0.15, -0.1) is 11.3 Å². The highest BCUT2D eigenvalue weighted by molar-refractivity contribution is 7.17. The molecule has 4 aromatic rings. The summed E-state index contributed by atoms with van der Waals surface area (Å²) in [6, 6.07) is 17.8. The molecule has 6 nitrogen and oxygen atoms in total. The molecule has 0 saturated carbocycles. The van der Waals surface area contributed by atoms with Crippen LogP contribution in [0.2, 0.25) is 0 Å². The van der Waals surface area contributed by atoms with Crippen LogP contribution in [0.15, 0.2) is 64.8 Å². The van der Waals surface area contributed by atoms with Gasteiger partial charge in [0.05, 0.1) is 12.1 Å². The second kappa shape index (κ2) is 11.9. The smallest absolute Gasteiger partial charge is 0.257 e. The molecule has 206 valence electrons. The highest BCUT2D eigenvalue weighted by atomic mass is 32.1. The van der Waals surface area contributed by atoms with Crippen LogP contribution in [0.3, 0.4) is 0 Å². The predicted octanol–water partition coefficient (Wildman–Crippen LogP) is 6.66. The average Bonchev–Trinajstić information content (AvgIpc) is 3.42. The third-order valence-electron chi connectivity index (χ3n) is 7.85. The Bertz CT molecular complexity index is 1500. The molecular weight excluding hydrogens is 506 g/mol. The minimum Gasteiger partial charge on any atom is -0.494 e. The Labute approximate surface area is 234 Å². The number of anilines is 1. The maximum atomic E-state index is 13.3. The number of aromatic nitrogens is 1. The molecule has 0 aliphatic carbocycles. The number of carbonyl (C=O) groups is 1. The lowest BCUT2D eigenvalue weighted by atomic mass is 9.87. The van der Waals surface area contributed by atoms with Crippen LogP contribution in [0.4, 0.5) is 5.69 Å². The number of hydrogen-bond donors (Lipinski definition) is 0. The molecule has 1 aliphatic heterocycles. The van der Waals surface area contributed by atoms with E-state index in [4.69, 9.17) is 4.74 Å². The van der Waals surface area contributed by atoms with E-state index in [1.54, 1.807) is 17.4 Å². The molecule has 0 unspecified atom stereocenters. The van der Waals surface area contributed by atoms with E-state index in [0.29, 0.717) is 17.9 Å². The number of piperazine rings is 1. The molecule has 0 spiro atoms. The van der Waals surface area contributed by atoms with Crippen LogP contribution in [0.25, 0.3) is 21.0 Å². The lowest BCUT2D eigenvalue weighted by Crippen LogP contribution is -2.46. The third-order valence-corrected chi connectivity index (χ3v) is 8.73. The standard InChI is InChI=1S/C32H39N3O3S/c1-4-15-32(2,3)31(37)35-28-23-25(12-10-24(28)11-13-30(35)36)38-21-6-5-16-33-17-19-34(20-18-33)27-8-7-9-29-26(27)14-22-39-29/h7-14,22-23H,4-6,15-21H2,1-3H3. The van der Waals surface area contributed by atoms with Gasteiger partial charge in [0.15, 0.2) is 0 Å². The summed E-state index contributed by atoms with van der Waals surface area (Å²) in [5.41, 5.74) is 1.08. The van der Waals surface area contributed by atoms with Crippen LogP contribution in [0.5, 0.6) is 5.75 Å². The Balaban J connectivity index is 1.13. The van der Waals surface area contributed by atoms with E-state index in [0.717, 1.165) is 63.8 Å². The van der Waals surface area contributed by atoms with Crippen molar-refractivity contribution in [3.63, 3.8) is 0 Å². The summed E-state index contributed by atoms with van der Waals surface area (Å²) in [5, 5.41) is 4.40. The highest BCUT2D eigenvalue weighted by Gasteiger charge is 2.29. The molecule has 3 heterocycles. The van der Waals surface area contributed by atoms with Crippen LogP contribution in [-0.2, 0) is 0 Å². The molecular formula is C32H39N3O3S. The van der Waals surface area contributed by atoms with E-state index in [9.17, 15) is 9.59 Å². The Morgan fingerprint density at radius 1 is 1.00 bits per heavy atom. The van der Waals surface area contributed by atoms with Crippen molar-refractivity contribution in [3.05, 3.63) is 70.3 Å². The Morgan fingerprint density at radius 3 is 2.59 bits per heavy atom. The number of carbonyl (C=O) groups excluding carboxylic acids is 1. The van der Waals surface area contributed by atoms with Gasteiger partial charge in [-0.05, 0) is 73.0 Å². The van der Waals surface area contributed by atoms with Gasteiger partial charge < -0.3 is 9.64 Å². The van der Waals surface area contributed by atoms with Gasteiger partial charge in [-0.25, -0.2) is 4.57 Å². The van der Waals surface area contributed by atoms with Crippen molar-refractivity contribution in [2.24, 2.45) is 5.41 Å². The Morgan fingerprint density at radius 2 is 1.79 bits per heavy atom. The minimum absolute atomic E-state index is 0.163. The number of pyridine rings is 1. The highest BCUT2D eigenvalue weighted by Crippen LogP contribution is 2.31. The fraction of sp³-hybridized carbons (Fsp3) is 0.438. The normalized spacial score (nSPS) is 14.8. The first kappa shape index (κ1) is 27.4. The Hall–Kier alpha value is -3.16. The van der Waals surface area contributed by atoms with Gasteiger partial charge in [-0.1, -0.05) is 33.3 Å². The Kier molecular flexibility index (Phi) is 8.38. The van der Waals surface area contributed by atoms with Gasteiger partial charge in [-0.2, -0.15) is 0 Å². The van der Waals surface area contributed by atoms with Gasteiger partial charge in [0.1, 0.15) is 5.75 Å². The molecule has 0 amide bonds. The molecule has 0 bridgehead atoms. The number of nitrogens with zero attached hydrogens (tertiary/aromatic N) is 3. The molecule has 2 aromatic carbocycles. The number of unbranched alkanes of at least 4 members (excludes halogenated alkanes) is 1. The van der Waals surface area contributed by atoms with Gasteiger partial charge in [0.2, 0.25) is 5.91 Å². The molecule has 1 fully saturated rings. The zero-order valence-electron chi connectivity index (χ0n) is 23.3. The third kappa shape index (κ3) is 6.04. The summed E-state index contributed by atoms with van der Waals surface area (Å²) in [4.78, 5) is 31.1. The van der Waals surface area contributed by atoms with Crippen LogP contribution in [0.1, 0.15) is 51.2 Å². The van der Waals surface area contributed by atoms with E-state index in [1.807, 2.05) is 32.0 Å². The average molecular weight is 546 g/mol. The van der Waals surface area contributed by atoms with Crippen LogP contribution >= 0.6 is 11.3 Å². The molecule has 2 aromatic heterocycles. The quantitative estimate of drug-likeness (QED) is 0.209. The summed E-state index contributed by atoms with van der Waals surface area (Å²) < 4.78 is 8.75. The van der Waals surface area contributed by atoms with Crippen LogP contribution < -0.4 is 15.2 Å². The summed E-state index contributed by atoms with van der Waals surface area (Å²) in [7, 11) is 0. The van der Waals surface area contributed by atoms with E-state index in [1.165, 1.54) is 26.4 Å². The van der Waals surface area contributed by atoms with E-state index in [-0.39, 0.29) is 11.5 Å². The number of ether oxygens (including phenoxy) is 1. The van der Waals surface area contributed by atoms with Crippen molar-refractivity contribution in [2.45, 2.75) is 46.5 Å². The molecule has 7 heteroatoms. The van der Waals surface area contributed by atoms with E-state index >= 15 is 0 Å². The van der Waals surface area contributed by atoms with Crippen molar-refractivity contribution in [3.8, 4) is 5.75 Å². The van der Waals surface area contributed by atoms with Crippen molar-refractivity contribution >= 4 is 43.9 Å². The fourth-order valence-corrected chi connectivity index (χ4v) is 6.45. The number of rotatable bonds is 10. The molecule has 1 saturated heterocycles. The largest absolute Gasteiger partial charge is 0.494 e. The lowest BCUT2D eigenvalue weighted by molar-refractivity contribution is 0.0733. The SMILES string of the molecule is CCCC(C)(C)C(=O)n1c(=O)ccc2ccc(OCCCCN3CCN(c4cccc5sccc45)CC3)cc21. The van der Waals surface area contributed by atoms with Crippen LogP contribution in [0, 0.1) is 5.41 Å². The van der Waals surface area contributed by atoms with Gasteiger partial charge in [0.25, 0.3) is 5.56 Å². The molecule has 39 heavy (non-hydrogen) atoms. The molecule has 5 rings (SSSR count). The van der Waals surface area contributed by atoms with Gasteiger partial charge in [0, 0.05) is 59.5 Å². The predicted molar refractivity (Wildman–Crippen MR) is 163 cm³/mol. The first-order chi connectivity index (χ1) is 18.9. The second-order valence-corrected chi connectivity index (χ2v) is 12.1. The monoisotopic (exact) mass is 545 g/mol. The molecule has 0 N–H and O–H groups in total. The van der Waals surface area contributed by atoms with Crippen molar-refractivity contribution in [1.82, 2.24) is 9.47 Å². The summed E-state index contributed by atoms with van der Waals surface area (Å²) >= 11 is 1.81. The lowest BCUT2D eigenvalue weighted by Gasteiger charge is -2.36. The van der Waals surface area contributed by atoms with Crippen molar-refractivity contribution in [2.75, 3.05) is 44.2 Å². The number of benzene rings is 2. The van der Waals surface area contributed by atoms with Crippen molar-refractivity contribution < 1.29 is 9.53 Å². The van der Waals surface area contributed by atoms with Crippen molar-refractivity contribution in [1.29, 1.82) is 0 Å². The zero-order valence-corrected chi connectivity index (χ0v) is 24.1. The number of fused-ring (bicyclic) bond motifs is 2. The van der Waals surface area contributed by atoms with E-state index < -0.39 is 5.41 Å². The first-order valence-corrected chi connectivity index (χ1v) is 15.0. The number of hydrogen-bond acceptors (Lipinski definition) is 6. The maximum absolute atomic E-state index is 13.3. The fourth-order valence-electron chi connectivity index (χ4n) is 5.64. The molecule has 1 aliphatic rings. The van der Waals surface area contributed by atoms with Crippen LogP contribution in [-0.4, -0.2) is 54.7 Å². The van der Waals surface area contributed by atoms with Gasteiger partial charge in [-0.3, -0.25) is 14.5 Å². The summed E-state index contributed by atoms with van der Waals surface area (Å²) in [6.45, 7) is 11.8. The molecule has 0 atom stereocenters. The maximum Gasteiger partial charge on any atom is 0.257 e.